The zero-order valence-electron chi connectivity index (χ0n) is 7.44. The van der Waals surface area contributed by atoms with E-state index in [1.54, 1.807) is 6.20 Å². The number of hydrogen-bond donors (Lipinski definition) is 2. The van der Waals surface area contributed by atoms with E-state index in [0.29, 0.717) is 11.1 Å². The molecule has 2 heterocycles. The first kappa shape index (κ1) is 9.32. The second-order valence-electron chi connectivity index (χ2n) is 2.85. The van der Waals surface area contributed by atoms with Gasteiger partial charge in [0, 0.05) is 23.5 Å². The van der Waals surface area contributed by atoms with Gasteiger partial charge in [0.1, 0.15) is 0 Å². The Kier molecular flexibility index (Phi) is 2.17. The number of halogens is 1. The smallest absolute Gasteiger partial charge is 0.357 e. The fourth-order valence-corrected chi connectivity index (χ4v) is 1.16. The average Bonchev–Trinajstić information content (AvgIpc) is 2.69. The minimum absolute atomic E-state index is 0.478. The lowest BCUT2D eigenvalue weighted by molar-refractivity contribution is 0.0685. The maximum absolute atomic E-state index is 13.2. The number of aromatic carboxylic acids is 1. The van der Waals surface area contributed by atoms with Crippen molar-refractivity contribution in [1.29, 1.82) is 0 Å². The van der Waals surface area contributed by atoms with Crippen molar-refractivity contribution in [1.82, 2.24) is 15.2 Å². The van der Waals surface area contributed by atoms with Crippen LogP contribution in [-0.2, 0) is 0 Å². The van der Waals surface area contributed by atoms with Crippen LogP contribution in [0.5, 0.6) is 0 Å². The maximum atomic E-state index is 13.2. The maximum Gasteiger partial charge on any atom is 0.357 e. The highest BCUT2D eigenvalue weighted by molar-refractivity contribution is 5.86. The molecule has 0 unspecified atom stereocenters. The number of hydrogen-bond acceptors (Lipinski definition) is 3. The Bertz CT molecular complexity index is 496. The van der Waals surface area contributed by atoms with Gasteiger partial charge in [0.15, 0.2) is 11.5 Å². The summed E-state index contributed by atoms with van der Waals surface area (Å²) < 4.78 is 13.2. The zero-order valence-corrected chi connectivity index (χ0v) is 7.44. The summed E-state index contributed by atoms with van der Waals surface area (Å²) in [4.78, 5) is 14.0. The molecule has 0 aliphatic heterocycles. The number of H-pyrrole nitrogens is 1. The molecule has 0 aliphatic rings. The third kappa shape index (κ3) is 1.69. The Labute approximate surface area is 83.6 Å². The lowest BCUT2D eigenvalue weighted by atomic mass is 10.1. The van der Waals surface area contributed by atoms with Crippen LogP contribution in [0.1, 0.15) is 10.5 Å². The Morgan fingerprint density at radius 1 is 1.40 bits per heavy atom. The summed E-state index contributed by atoms with van der Waals surface area (Å²) in [5.74, 6) is -2.24. The van der Waals surface area contributed by atoms with Crippen molar-refractivity contribution < 1.29 is 14.3 Å². The van der Waals surface area contributed by atoms with Crippen LogP contribution in [0.25, 0.3) is 11.1 Å². The summed E-state index contributed by atoms with van der Waals surface area (Å²) in [7, 11) is 0. The minimum atomic E-state index is -1.38. The minimum Gasteiger partial charge on any atom is -0.476 e. The van der Waals surface area contributed by atoms with E-state index in [9.17, 15) is 9.18 Å². The molecule has 76 valence electrons. The van der Waals surface area contributed by atoms with E-state index in [1.807, 2.05) is 0 Å². The van der Waals surface area contributed by atoms with Crippen molar-refractivity contribution in [3.8, 4) is 11.1 Å². The van der Waals surface area contributed by atoms with Crippen molar-refractivity contribution >= 4 is 5.97 Å². The number of carboxylic acids is 1. The van der Waals surface area contributed by atoms with Crippen molar-refractivity contribution in [2.45, 2.75) is 0 Å². The average molecular weight is 207 g/mol. The Morgan fingerprint density at radius 3 is 2.73 bits per heavy atom. The molecule has 0 radical (unpaired) electrons. The molecule has 2 aromatic heterocycles. The van der Waals surface area contributed by atoms with E-state index in [4.69, 9.17) is 5.11 Å². The molecule has 0 atom stereocenters. The number of pyridine rings is 1. The van der Waals surface area contributed by atoms with Crippen LogP contribution in [0.3, 0.4) is 0 Å². The molecule has 0 spiro atoms. The predicted octanol–water partition coefficient (Wildman–Crippen LogP) is 1.31. The summed E-state index contributed by atoms with van der Waals surface area (Å²) in [6, 6.07) is 1.11. The van der Waals surface area contributed by atoms with Crippen molar-refractivity contribution in [3.05, 3.63) is 36.2 Å². The molecule has 0 saturated carbocycles. The summed E-state index contributed by atoms with van der Waals surface area (Å²) >= 11 is 0. The quantitative estimate of drug-likeness (QED) is 0.778. The summed E-state index contributed by atoms with van der Waals surface area (Å²) in [5.41, 5.74) is 0.548. The Morgan fingerprint density at radius 2 is 2.20 bits per heavy atom. The Balaban J connectivity index is 2.47. The number of rotatable bonds is 2. The molecule has 0 aliphatic carbocycles. The van der Waals surface area contributed by atoms with Gasteiger partial charge in [-0.1, -0.05) is 0 Å². The lowest BCUT2D eigenvalue weighted by Crippen LogP contribution is -2.03. The van der Waals surface area contributed by atoms with E-state index in [1.165, 1.54) is 12.4 Å². The van der Waals surface area contributed by atoms with Gasteiger partial charge in [0.25, 0.3) is 0 Å². The Hall–Kier alpha value is -2.24. The van der Waals surface area contributed by atoms with Gasteiger partial charge in [-0.25, -0.2) is 14.2 Å². The molecule has 2 N–H and O–H groups in total. The van der Waals surface area contributed by atoms with Gasteiger partial charge in [0.05, 0.1) is 6.20 Å². The van der Waals surface area contributed by atoms with Gasteiger partial charge in [-0.3, -0.25) is 5.10 Å². The SMILES string of the molecule is O=C(O)c1ncc(-c2cn[nH]c2)cc1F. The number of aromatic amines is 1. The lowest BCUT2D eigenvalue weighted by Gasteiger charge is -1.99. The highest BCUT2D eigenvalue weighted by Gasteiger charge is 2.13. The highest BCUT2D eigenvalue weighted by atomic mass is 19.1. The number of nitrogens with one attached hydrogen (secondary N) is 1. The molecule has 0 aromatic carbocycles. The fraction of sp³-hybridized carbons (Fsp3) is 0. The van der Waals surface area contributed by atoms with E-state index in [0.717, 1.165) is 6.07 Å². The number of carboxylic acid groups (broad SMARTS) is 1. The molecular formula is C9H6FN3O2. The topological polar surface area (TPSA) is 78.9 Å². The largest absolute Gasteiger partial charge is 0.476 e. The summed E-state index contributed by atoms with van der Waals surface area (Å²) in [6.45, 7) is 0. The van der Waals surface area contributed by atoms with E-state index in [-0.39, 0.29) is 0 Å². The third-order valence-electron chi connectivity index (χ3n) is 1.88. The molecule has 6 heteroatoms. The molecular weight excluding hydrogens is 201 g/mol. The van der Waals surface area contributed by atoms with Gasteiger partial charge in [0.2, 0.25) is 0 Å². The van der Waals surface area contributed by atoms with E-state index in [2.05, 4.69) is 15.2 Å². The number of nitrogens with zero attached hydrogens (tertiary/aromatic N) is 2. The first-order chi connectivity index (χ1) is 7.18. The van der Waals surface area contributed by atoms with Crippen LogP contribution in [0.4, 0.5) is 4.39 Å². The fourth-order valence-electron chi connectivity index (χ4n) is 1.16. The summed E-state index contributed by atoms with van der Waals surface area (Å²) in [5, 5.41) is 14.8. The van der Waals surface area contributed by atoms with Gasteiger partial charge >= 0.3 is 5.97 Å². The number of carbonyl (C=O) groups is 1. The van der Waals surface area contributed by atoms with Gasteiger partial charge in [-0.05, 0) is 6.07 Å². The van der Waals surface area contributed by atoms with Crippen molar-refractivity contribution in [3.63, 3.8) is 0 Å². The monoisotopic (exact) mass is 207 g/mol. The molecule has 0 bridgehead atoms. The van der Waals surface area contributed by atoms with Gasteiger partial charge in [-0.2, -0.15) is 5.10 Å². The van der Waals surface area contributed by atoms with Crippen LogP contribution in [0.2, 0.25) is 0 Å². The van der Waals surface area contributed by atoms with Crippen LogP contribution in [0, 0.1) is 5.82 Å². The van der Waals surface area contributed by atoms with Crippen LogP contribution in [0.15, 0.2) is 24.7 Å². The van der Waals surface area contributed by atoms with Crippen LogP contribution in [-0.4, -0.2) is 26.3 Å². The first-order valence-electron chi connectivity index (χ1n) is 4.06. The van der Waals surface area contributed by atoms with Gasteiger partial charge < -0.3 is 5.11 Å². The molecule has 2 aromatic rings. The van der Waals surface area contributed by atoms with Crippen molar-refractivity contribution in [2.24, 2.45) is 0 Å². The molecule has 0 saturated heterocycles. The van der Waals surface area contributed by atoms with Crippen LogP contribution >= 0.6 is 0 Å². The molecule has 0 fully saturated rings. The second kappa shape index (κ2) is 3.49. The zero-order chi connectivity index (χ0) is 10.8. The van der Waals surface area contributed by atoms with Crippen molar-refractivity contribution in [2.75, 3.05) is 0 Å². The standard InChI is InChI=1S/C9H6FN3O2/c10-7-1-5(6-3-12-13-4-6)2-11-8(7)9(14)15/h1-4H,(H,12,13)(H,14,15). The number of aromatic nitrogens is 3. The van der Waals surface area contributed by atoms with Gasteiger partial charge in [-0.15, -0.1) is 0 Å². The molecule has 2 rings (SSSR count). The van der Waals surface area contributed by atoms with E-state index < -0.39 is 17.5 Å². The molecule has 5 nitrogen and oxygen atoms in total. The predicted molar refractivity (Wildman–Crippen MR) is 48.7 cm³/mol. The molecule has 15 heavy (non-hydrogen) atoms. The normalized spacial score (nSPS) is 10.2. The van der Waals surface area contributed by atoms with E-state index >= 15 is 0 Å². The first-order valence-corrected chi connectivity index (χ1v) is 4.06. The highest BCUT2D eigenvalue weighted by Crippen LogP contribution is 2.18. The third-order valence-corrected chi connectivity index (χ3v) is 1.88. The summed E-state index contributed by atoms with van der Waals surface area (Å²) in [6.07, 6.45) is 4.35. The van der Waals surface area contributed by atoms with Crippen LogP contribution < -0.4 is 0 Å². The second-order valence-corrected chi connectivity index (χ2v) is 2.85. The molecule has 0 amide bonds.